The summed E-state index contributed by atoms with van der Waals surface area (Å²) in [6.07, 6.45) is 6.57. The Hall–Kier alpha value is -1.82. The largest absolute Gasteiger partial charge is 0.352 e. The molecule has 0 saturated heterocycles. The summed E-state index contributed by atoms with van der Waals surface area (Å²) in [5, 5.41) is 4.20. The Labute approximate surface area is 171 Å². The molecule has 1 N–H and O–H groups in total. The molecule has 1 amide bonds. The third-order valence-corrected chi connectivity index (χ3v) is 6.74. The Kier molecular flexibility index (Phi) is 7.16. The molecule has 1 fully saturated rings. The summed E-state index contributed by atoms with van der Waals surface area (Å²) in [7, 11) is 0. The molecule has 3 atom stereocenters. The number of carbonyl (C=O) groups excluding carboxylic acids is 1. The van der Waals surface area contributed by atoms with Gasteiger partial charge < -0.3 is 5.32 Å². The highest BCUT2D eigenvalue weighted by molar-refractivity contribution is 8.00. The van der Waals surface area contributed by atoms with E-state index in [9.17, 15) is 9.59 Å². The van der Waals surface area contributed by atoms with Gasteiger partial charge >= 0.3 is 0 Å². The van der Waals surface area contributed by atoms with E-state index in [1.54, 1.807) is 4.57 Å². The van der Waals surface area contributed by atoms with Crippen LogP contribution in [0, 0.1) is 5.92 Å². The predicted molar refractivity (Wildman–Crippen MR) is 116 cm³/mol. The van der Waals surface area contributed by atoms with Crippen LogP contribution in [0.15, 0.2) is 34.2 Å². The number of aromatic nitrogens is 2. The van der Waals surface area contributed by atoms with Crippen LogP contribution in [0.5, 0.6) is 0 Å². The van der Waals surface area contributed by atoms with Crippen molar-refractivity contribution in [1.82, 2.24) is 14.9 Å². The van der Waals surface area contributed by atoms with E-state index in [0.29, 0.717) is 28.5 Å². The number of amides is 1. The minimum absolute atomic E-state index is 0.0185. The first-order chi connectivity index (χ1) is 13.5. The minimum Gasteiger partial charge on any atom is -0.352 e. The molecule has 0 aliphatic heterocycles. The number of unbranched alkanes of at least 4 members (excludes halogenated alkanes) is 1. The fourth-order valence-corrected chi connectivity index (χ4v) is 4.74. The van der Waals surface area contributed by atoms with Crippen molar-refractivity contribution >= 4 is 28.6 Å². The number of hydrogen-bond acceptors (Lipinski definition) is 4. The van der Waals surface area contributed by atoms with E-state index in [0.717, 1.165) is 19.3 Å². The lowest BCUT2D eigenvalue weighted by Crippen LogP contribution is -2.44. The molecule has 1 aromatic heterocycles. The number of rotatable bonds is 7. The summed E-state index contributed by atoms with van der Waals surface area (Å²) in [6.45, 7) is 6.85. The van der Waals surface area contributed by atoms with Crippen LogP contribution >= 0.6 is 11.8 Å². The van der Waals surface area contributed by atoms with Gasteiger partial charge in [0.2, 0.25) is 5.91 Å². The summed E-state index contributed by atoms with van der Waals surface area (Å²) in [4.78, 5) is 30.5. The van der Waals surface area contributed by atoms with E-state index in [1.165, 1.54) is 31.0 Å². The number of thioether (sulfide) groups is 1. The van der Waals surface area contributed by atoms with Crippen molar-refractivity contribution in [2.75, 3.05) is 0 Å². The van der Waals surface area contributed by atoms with Gasteiger partial charge in [-0.1, -0.05) is 57.0 Å². The third kappa shape index (κ3) is 4.77. The lowest BCUT2D eigenvalue weighted by Gasteiger charge is -2.30. The number of nitrogens with one attached hydrogen (secondary N) is 1. The van der Waals surface area contributed by atoms with Crippen molar-refractivity contribution in [3.63, 3.8) is 0 Å². The van der Waals surface area contributed by atoms with Gasteiger partial charge in [0.05, 0.1) is 16.2 Å². The zero-order valence-electron chi connectivity index (χ0n) is 17.1. The maximum absolute atomic E-state index is 13.0. The Bertz CT molecular complexity index is 880. The molecule has 152 valence electrons. The molecule has 0 bridgehead atoms. The zero-order valence-corrected chi connectivity index (χ0v) is 17.9. The Morgan fingerprint density at radius 1 is 1.32 bits per heavy atom. The molecule has 3 unspecified atom stereocenters. The van der Waals surface area contributed by atoms with Gasteiger partial charge in [-0.05, 0) is 44.2 Å². The van der Waals surface area contributed by atoms with Crippen molar-refractivity contribution in [3.05, 3.63) is 34.6 Å². The van der Waals surface area contributed by atoms with E-state index in [-0.39, 0.29) is 22.8 Å². The Morgan fingerprint density at radius 3 is 2.82 bits per heavy atom. The van der Waals surface area contributed by atoms with Gasteiger partial charge in [-0.15, -0.1) is 0 Å². The van der Waals surface area contributed by atoms with Gasteiger partial charge in [0, 0.05) is 12.6 Å². The molecule has 3 rings (SSSR count). The Morgan fingerprint density at radius 2 is 2.07 bits per heavy atom. The number of nitrogens with zero attached hydrogens (tertiary/aromatic N) is 2. The molecule has 5 nitrogen and oxygen atoms in total. The summed E-state index contributed by atoms with van der Waals surface area (Å²) in [5.41, 5.74) is 0.673. The number of hydrogen-bond donors (Lipinski definition) is 1. The molecule has 1 aliphatic rings. The van der Waals surface area contributed by atoms with Crippen molar-refractivity contribution < 1.29 is 4.79 Å². The van der Waals surface area contributed by atoms with Gasteiger partial charge in [-0.25, -0.2) is 4.98 Å². The second kappa shape index (κ2) is 9.59. The second-order valence-electron chi connectivity index (χ2n) is 7.86. The molecule has 1 saturated carbocycles. The fraction of sp³-hybridized carbons (Fsp3) is 0.591. The van der Waals surface area contributed by atoms with Crippen molar-refractivity contribution in [2.45, 2.75) is 82.3 Å². The van der Waals surface area contributed by atoms with E-state index in [2.05, 4.69) is 19.2 Å². The van der Waals surface area contributed by atoms with Crippen LogP contribution in [0.3, 0.4) is 0 Å². The molecule has 1 aliphatic carbocycles. The standard InChI is InChI=1S/C22H31N3O2S/c1-4-5-14-25-21(27)17-11-7-9-13-19(17)24-22(25)28-16(3)20(26)23-18-12-8-6-10-15(18)2/h7,9,11,13,15-16,18H,4-6,8,10,12,14H2,1-3H3,(H,23,26). The lowest BCUT2D eigenvalue weighted by atomic mass is 9.86. The van der Waals surface area contributed by atoms with E-state index in [4.69, 9.17) is 4.98 Å². The quantitative estimate of drug-likeness (QED) is 0.553. The van der Waals surface area contributed by atoms with Crippen LogP contribution < -0.4 is 10.9 Å². The SMILES string of the molecule is CCCCn1c(SC(C)C(=O)NC2CCCCC2C)nc2ccccc2c1=O. The summed E-state index contributed by atoms with van der Waals surface area (Å²) < 4.78 is 1.74. The monoisotopic (exact) mass is 401 g/mol. The highest BCUT2D eigenvalue weighted by Gasteiger charge is 2.26. The van der Waals surface area contributed by atoms with Gasteiger partial charge in [0.15, 0.2) is 5.16 Å². The lowest BCUT2D eigenvalue weighted by molar-refractivity contribution is -0.121. The van der Waals surface area contributed by atoms with Crippen LogP contribution in [0.25, 0.3) is 10.9 Å². The average Bonchev–Trinajstić information content (AvgIpc) is 2.69. The molecule has 0 radical (unpaired) electrons. The van der Waals surface area contributed by atoms with Gasteiger partial charge in [-0.2, -0.15) is 0 Å². The fourth-order valence-electron chi connectivity index (χ4n) is 3.79. The van der Waals surface area contributed by atoms with Crippen molar-refractivity contribution in [1.29, 1.82) is 0 Å². The number of carbonyl (C=O) groups is 1. The third-order valence-electron chi connectivity index (χ3n) is 5.65. The summed E-state index contributed by atoms with van der Waals surface area (Å²) in [6, 6.07) is 7.70. The maximum atomic E-state index is 13.0. The molecular formula is C22H31N3O2S. The minimum atomic E-state index is -0.296. The Balaban J connectivity index is 1.81. The number of fused-ring (bicyclic) bond motifs is 1. The molecule has 0 spiro atoms. The number of benzene rings is 1. The highest BCUT2D eigenvalue weighted by atomic mass is 32.2. The van der Waals surface area contributed by atoms with E-state index in [1.807, 2.05) is 31.2 Å². The van der Waals surface area contributed by atoms with Gasteiger partial charge in [0.25, 0.3) is 5.56 Å². The summed E-state index contributed by atoms with van der Waals surface area (Å²) >= 11 is 1.39. The van der Waals surface area contributed by atoms with Crippen molar-refractivity contribution in [3.8, 4) is 0 Å². The summed E-state index contributed by atoms with van der Waals surface area (Å²) in [5.74, 6) is 0.560. The maximum Gasteiger partial charge on any atom is 0.262 e. The highest BCUT2D eigenvalue weighted by Crippen LogP contribution is 2.26. The van der Waals surface area contributed by atoms with Crippen LogP contribution in [0.2, 0.25) is 0 Å². The van der Waals surface area contributed by atoms with E-state index >= 15 is 0 Å². The van der Waals surface area contributed by atoms with Crippen LogP contribution in [-0.4, -0.2) is 26.8 Å². The molecule has 1 aromatic carbocycles. The van der Waals surface area contributed by atoms with Gasteiger partial charge in [0.1, 0.15) is 0 Å². The first-order valence-corrected chi connectivity index (χ1v) is 11.4. The van der Waals surface area contributed by atoms with Crippen LogP contribution in [-0.2, 0) is 11.3 Å². The normalized spacial score (nSPS) is 20.8. The molecular weight excluding hydrogens is 370 g/mol. The molecule has 28 heavy (non-hydrogen) atoms. The second-order valence-corrected chi connectivity index (χ2v) is 9.17. The topological polar surface area (TPSA) is 64.0 Å². The van der Waals surface area contributed by atoms with E-state index < -0.39 is 0 Å². The first-order valence-electron chi connectivity index (χ1n) is 10.5. The average molecular weight is 402 g/mol. The first kappa shape index (κ1) is 20.9. The van der Waals surface area contributed by atoms with Crippen LogP contribution in [0.4, 0.5) is 0 Å². The van der Waals surface area contributed by atoms with Gasteiger partial charge in [-0.3, -0.25) is 14.2 Å². The molecule has 6 heteroatoms. The van der Waals surface area contributed by atoms with Crippen molar-refractivity contribution in [2.24, 2.45) is 5.92 Å². The predicted octanol–water partition coefficient (Wildman–Crippen LogP) is 4.37. The number of para-hydroxylation sites is 1. The molecule has 1 heterocycles. The zero-order chi connectivity index (χ0) is 20.1. The smallest absolute Gasteiger partial charge is 0.262 e. The molecule has 2 aromatic rings. The van der Waals surface area contributed by atoms with Crippen LogP contribution in [0.1, 0.15) is 59.3 Å².